The Morgan fingerprint density at radius 3 is 2.00 bits per heavy atom. The van der Waals surface area contributed by atoms with Gasteiger partial charge >= 0.3 is 126 Å². The van der Waals surface area contributed by atoms with Gasteiger partial charge in [0.1, 0.15) is 0 Å². The minimum atomic E-state index is -4.28. The van der Waals surface area contributed by atoms with Crippen molar-refractivity contribution in [2.75, 3.05) is 0 Å². The van der Waals surface area contributed by atoms with Crippen molar-refractivity contribution in [2.45, 2.75) is 10.4 Å². The zero-order chi connectivity index (χ0) is 14.3. The molecule has 6 heteroatoms. The summed E-state index contributed by atoms with van der Waals surface area (Å²) in [5.74, 6) is 0. The molecule has 0 nitrogen and oxygen atoms in total. The molecule has 0 saturated carbocycles. The van der Waals surface area contributed by atoms with E-state index in [0.717, 1.165) is 28.8 Å². The number of hydrogen-bond donors (Lipinski definition) is 0. The summed E-state index contributed by atoms with van der Waals surface area (Å²) >= 11 is 2.08. The van der Waals surface area contributed by atoms with E-state index in [2.05, 4.69) is 32.6 Å². The molecular weight excluding hydrogens is 368 g/mol. The number of benzene rings is 2. The Labute approximate surface area is 151 Å². The van der Waals surface area contributed by atoms with Gasteiger partial charge in [-0.15, -0.1) is 0 Å². The summed E-state index contributed by atoms with van der Waals surface area (Å²) in [5.41, 5.74) is 3.68. The van der Waals surface area contributed by atoms with E-state index in [9.17, 15) is 13.2 Å². The van der Waals surface area contributed by atoms with Gasteiger partial charge in [0.25, 0.3) is 0 Å². The first kappa shape index (κ1) is 19.3. The Morgan fingerprint density at radius 2 is 1.45 bits per heavy atom. The van der Waals surface area contributed by atoms with E-state index in [1.165, 1.54) is 5.56 Å². The van der Waals surface area contributed by atoms with Crippen LogP contribution in [0.2, 0.25) is 0 Å². The van der Waals surface area contributed by atoms with Crippen molar-refractivity contribution in [1.82, 2.24) is 0 Å². The van der Waals surface area contributed by atoms with Crippen LogP contribution < -0.4 is 24.8 Å². The van der Waals surface area contributed by atoms with Gasteiger partial charge in [0.05, 0.1) is 0 Å². The average Bonchev–Trinajstić information content (AvgIpc) is 2.76. The molecular formula is C16H10Cl2F3Ti. The fourth-order valence-electron chi connectivity index (χ4n) is 2.43. The summed E-state index contributed by atoms with van der Waals surface area (Å²) in [6.45, 7) is 0. The summed E-state index contributed by atoms with van der Waals surface area (Å²) in [6.07, 6.45) is -2.22. The topological polar surface area (TPSA) is 0 Å². The minimum absolute atomic E-state index is 0. The normalized spacial score (nSPS) is 16.2. The van der Waals surface area contributed by atoms with Crippen molar-refractivity contribution in [3.8, 4) is 0 Å². The van der Waals surface area contributed by atoms with Crippen LogP contribution in [0.25, 0.3) is 11.6 Å². The fraction of sp³-hybridized carbons (Fsp3) is 0.125. The van der Waals surface area contributed by atoms with E-state index < -0.39 is 11.7 Å². The number of fused-ring (bicyclic) bond motifs is 1. The van der Waals surface area contributed by atoms with Gasteiger partial charge < -0.3 is 24.8 Å². The molecule has 0 aliphatic heterocycles. The van der Waals surface area contributed by atoms with Crippen molar-refractivity contribution in [1.29, 1.82) is 0 Å². The van der Waals surface area contributed by atoms with Gasteiger partial charge in [0, 0.05) is 0 Å². The molecule has 0 heterocycles. The summed E-state index contributed by atoms with van der Waals surface area (Å²) in [7, 11) is 0. The molecule has 1 unspecified atom stereocenters. The molecule has 1 atom stereocenters. The molecule has 0 fully saturated rings. The Balaban J connectivity index is 0.00000121. The molecule has 3 rings (SSSR count). The molecule has 0 radical (unpaired) electrons. The molecule has 2 aromatic carbocycles. The Morgan fingerprint density at radius 1 is 0.864 bits per heavy atom. The van der Waals surface area contributed by atoms with Gasteiger partial charge in [0.15, 0.2) is 0 Å². The molecule has 0 amide bonds. The number of allylic oxidation sites excluding steroid dienone is 1. The minimum Gasteiger partial charge on any atom is -1.00 e. The third-order valence-corrected chi connectivity index (χ3v) is 4.45. The Kier molecular flexibility index (Phi) is 6.34. The molecule has 22 heavy (non-hydrogen) atoms. The van der Waals surface area contributed by atoms with Crippen molar-refractivity contribution < 1.29 is 58.4 Å². The van der Waals surface area contributed by atoms with E-state index in [4.69, 9.17) is 0 Å². The predicted molar refractivity (Wildman–Crippen MR) is 68.5 cm³/mol. The second-order valence-corrected chi connectivity index (χ2v) is 5.64. The zero-order valence-corrected chi connectivity index (χ0v) is 14.2. The third-order valence-electron chi connectivity index (χ3n) is 3.47. The molecule has 1 aliphatic carbocycles. The van der Waals surface area contributed by atoms with Crippen LogP contribution in [0.4, 0.5) is 13.2 Å². The maximum absolute atomic E-state index is 12.6. The number of hydrogen-bond acceptors (Lipinski definition) is 0. The second kappa shape index (κ2) is 7.22. The molecule has 113 valence electrons. The largest absolute Gasteiger partial charge is 1.00 e. The SMILES string of the molecule is FC(F)(F)c1ccc(C2=Cc3ccccc3[CH]2[Ti+2])cc1.[Cl-].[Cl-]. The van der Waals surface area contributed by atoms with Crippen molar-refractivity contribution in [2.24, 2.45) is 0 Å². The summed E-state index contributed by atoms with van der Waals surface area (Å²) < 4.78 is 37.9. The first-order valence-corrected chi connectivity index (χ1v) is 7.06. The van der Waals surface area contributed by atoms with Gasteiger partial charge in [0.2, 0.25) is 0 Å². The standard InChI is InChI=1S/C16H10F3.2ClH.Ti/c17-16(18,19)15-7-5-11(6-8-15)14-9-12-3-1-2-4-13(12)10-14;;;/h1-10H;2*1H;/q;;;+2/p-2. The second-order valence-electron chi connectivity index (χ2n) is 4.74. The van der Waals surface area contributed by atoms with Gasteiger partial charge in [-0.05, 0) is 0 Å². The van der Waals surface area contributed by atoms with Crippen LogP contribution in [0.1, 0.15) is 26.5 Å². The molecule has 0 N–H and O–H groups in total. The van der Waals surface area contributed by atoms with Crippen LogP contribution in [0.3, 0.4) is 0 Å². The van der Waals surface area contributed by atoms with Gasteiger partial charge in [-0.25, -0.2) is 0 Å². The Hall–Kier alpha value is -0.736. The molecule has 0 bridgehead atoms. The molecule has 1 aliphatic rings. The first-order chi connectivity index (χ1) is 9.47. The summed E-state index contributed by atoms with van der Waals surface area (Å²) in [6, 6.07) is 13.4. The molecule has 0 spiro atoms. The van der Waals surface area contributed by atoms with Crippen molar-refractivity contribution in [3.63, 3.8) is 0 Å². The monoisotopic (exact) mass is 377 g/mol. The van der Waals surface area contributed by atoms with Crippen molar-refractivity contribution in [3.05, 3.63) is 70.8 Å². The van der Waals surface area contributed by atoms with E-state index in [1.54, 1.807) is 12.1 Å². The smallest absolute Gasteiger partial charge is 1.00 e. The van der Waals surface area contributed by atoms with Gasteiger partial charge in [-0.3, -0.25) is 0 Å². The predicted octanol–water partition coefficient (Wildman–Crippen LogP) is -1.14. The van der Waals surface area contributed by atoms with Crippen LogP contribution in [-0.2, 0) is 26.6 Å². The van der Waals surface area contributed by atoms with Crippen LogP contribution >= 0.6 is 0 Å². The van der Waals surface area contributed by atoms with Crippen molar-refractivity contribution >= 4 is 11.6 Å². The van der Waals surface area contributed by atoms with Crippen LogP contribution in [0.5, 0.6) is 0 Å². The maximum Gasteiger partial charge on any atom is -1.00 e. The van der Waals surface area contributed by atoms with E-state index in [0.29, 0.717) is 0 Å². The molecule has 0 aromatic heterocycles. The fourth-order valence-corrected chi connectivity index (χ4v) is 3.23. The number of alkyl halides is 3. The van der Waals surface area contributed by atoms with E-state index in [-0.39, 0.29) is 29.0 Å². The van der Waals surface area contributed by atoms with Crippen LogP contribution in [0, 0.1) is 0 Å². The molecule has 0 saturated heterocycles. The first-order valence-electron chi connectivity index (χ1n) is 6.16. The van der Waals surface area contributed by atoms with Crippen LogP contribution in [0.15, 0.2) is 48.5 Å². The van der Waals surface area contributed by atoms with E-state index in [1.807, 2.05) is 18.2 Å². The summed E-state index contributed by atoms with van der Waals surface area (Å²) in [5, 5.41) is 0. The zero-order valence-electron chi connectivity index (χ0n) is 11.2. The third kappa shape index (κ3) is 3.60. The van der Waals surface area contributed by atoms with Gasteiger partial charge in [-0.1, -0.05) is 0 Å². The summed E-state index contributed by atoms with van der Waals surface area (Å²) in [4.78, 5) is 0. The van der Waals surface area contributed by atoms with Gasteiger partial charge in [-0.2, -0.15) is 0 Å². The van der Waals surface area contributed by atoms with E-state index >= 15 is 0 Å². The maximum atomic E-state index is 12.6. The Bertz CT molecular complexity index is 679. The quantitative estimate of drug-likeness (QED) is 0.551. The average molecular weight is 378 g/mol. The van der Waals surface area contributed by atoms with Crippen LogP contribution in [-0.4, -0.2) is 0 Å². The molecule has 2 aromatic rings. The number of rotatable bonds is 1. The number of halogens is 5.